The Hall–Kier alpha value is -1.60. The molecular formula is C14H23N3O3S. The molecule has 7 heteroatoms. The second kappa shape index (κ2) is 6.91. The Kier molecular flexibility index (Phi) is 5.74. The zero-order valence-electron chi connectivity index (χ0n) is 12.6. The molecule has 1 aromatic carbocycles. The fourth-order valence-corrected chi connectivity index (χ4v) is 2.19. The number of nitrogens with two attached hydrogens (primary N) is 1. The molecule has 0 aliphatic rings. The minimum Gasteiger partial charge on any atom is -0.329 e. The van der Waals surface area contributed by atoms with E-state index in [1.807, 2.05) is 13.8 Å². The number of hydrogen-bond acceptors (Lipinski definition) is 4. The van der Waals surface area contributed by atoms with Gasteiger partial charge in [-0.2, -0.15) is 0 Å². The van der Waals surface area contributed by atoms with E-state index in [0.29, 0.717) is 17.8 Å². The van der Waals surface area contributed by atoms with Crippen LogP contribution in [-0.4, -0.2) is 26.6 Å². The Morgan fingerprint density at radius 1 is 1.19 bits per heavy atom. The van der Waals surface area contributed by atoms with Gasteiger partial charge in [0, 0.05) is 17.9 Å². The van der Waals surface area contributed by atoms with Crippen molar-refractivity contribution in [2.24, 2.45) is 11.1 Å². The fourth-order valence-electron chi connectivity index (χ4n) is 1.55. The molecule has 0 radical (unpaired) electrons. The van der Waals surface area contributed by atoms with Gasteiger partial charge < -0.3 is 11.1 Å². The standard InChI is InChI=1S/C14H23N3O3S/c1-4-14(3,10-15)13(18)16-11-6-8-12(9-7-11)17-21(19,20)5-2/h6-9,17H,4-5,10,15H2,1-3H3,(H,16,18). The third-order valence-corrected chi connectivity index (χ3v) is 4.88. The molecule has 0 aliphatic heterocycles. The van der Waals surface area contributed by atoms with Crippen LogP contribution in [0.4, 0.5) is 11.4 Å². The molecule has 0 saturated carbocycles. The normalized spacial score (nSPS) is 14.3. The smallest absolute Gasteiger partial charge is 0.232 e. The second-order valence-corrected chi connectivity index (χ2v) is 7.17. The van der Waals surface area contributed by atoms with Gasteiger partial charge in [0.2, 0.25) is 15.9 Å². The summed E-state index contributed by atoms with van der Waals surface area (Å²) in [6.07, 6.45) is 0.643. The number of sulfonamides is 1. The number of carbonyl (C=O) groups is 1. The number of amides is 1. The lowest BCUT2D eigenvalue weighted by atomic mass is 9.86. The monoisotopic (exact) mass is 313 g/mol. The molecule has 0 bridgehead atoms. The van der Waals surface area contributed by atoms with Crippen LogP contribution in [0.2, 0.25) is 0 Å². The third kappa shape index (κ3) is 4.71. The Morgan fingerprint density at radius 2 is 1.71 bits per heavy atom. The average Bonchev–Trinajstić information content (AvgIpc) is 2.48. The molecule has 0 fully saturated rings. The molecule has 0 saturated heterocycles. The maximum absolute atomic E-state index is 12.2. The van der Waals surface area contributed by atoms with E-state index >= 15 is 0 Å². The van der Waals surface area contributed by atoms with Crippen molar-refractivity contribution < 1.29 is 13.2 Å². The topological polar surface area (TPSA) is 101 Å². The molecule has 0 heterocycles. The van der Waals surface area contributed by atoms with Crippen molar-refractivity contribution in [3.63, 3.8) is 0 Å². The zero-order valence-corrected chi connectivity index (χ0v) is 13.5. The summed E-state index contributed by atoms with van der Waals surface area (Å²) in [5, 5.41) is 2.79. The Bertz CT molecular complexity index is 578. The molecule has 1 atom stereocenters. The van der Waals surface area contributed by atoms with Gasteiger partial charge in [-0.3, -0.25) is 9.52 Å². The Balaban J connectivity index is 2.78. The first-order chi connectivity index (χ1) is 9.76. The lowest BCUT2D eigenvalue weighted by Crippen LogP contribution is -2.39. The van der Waals surface area contributed by atoms with Gasteiger partial charge in [0.1, 0.15) is 0 Å². The molecule has 0 aliphatic carbocycles. The first-order valence-corrected chi connectivity index (χ1v) is 8.53. The lowest BCUT2D eigenvalue weighted by molar-refractivity contribution is -0.124. The molecule has 0 spiro atoms. The summed E-state index contributed by atoms with van der Waals surface area (Å²) in [5.41, 5.74) is 6.10. The van der Waals surface area contributed by atoms with E-state index in [0.717, 1.165) is 0 Å². The van der Waals surface area contributed by atoms with Crippen molar-refractivity contribution in [2.75, 3.05) is 22.3 Å². The Morgan fingerprint density at radius 3 is 2.14 bits per heavy atom. The minimum atomic E-state index is -3.29. The SMILES string of the molecule is CCC(C)(CN)C(=O)Nc1ccc(NS(=O)(=O)CC)cc1. The van der Waals surface area contributed by atoms with Gasteiger partial charge in [-0.25, -0.2) is 8.42 Å². The van der Waals surface area contributed by atoms with Crippen molar-refractivity contribution in [2.45, 2.75) is 27.2 Å². The van der Waals surface area contributed by atoms with Crippen molar-refractivity contribution in [1.82, 2.24) is 0 Å². The van der Waals surface area contributed by atoms with E-state index in [-0.39, 0.29) is 18.2 Å². The lowest BCUT2D eigenvalue weighted by Gasteiger charge is -2.25. The molecule has 0 aromatic heterocycles. The van der Waals surface area contributed by atoms with Gasteiger partial charge >= 0.3 is 0 Å². The van der Waals surface area contributed by atoms with Crippen LogP contribution >= 0.6 is 0 Å². The van der Waals surface area contributed by atoms with E-state index in [9.17, 15) is 13.2 Å². The van der Waals surface area contributed by atoms with Crippen molar-refractivity contribution in [1.29, 1.82) is 0 Å². The van der Waals surface area contributed by atoms with Gasteiger partial charge in [-0.05, 0) is 44.5 Å². The summed E-state index contributed by atoms with van der Waals surface area (Å²) in [6.45, 7) is 5.56. The number of nitrogens with one attached hydrogen (secondary N) is 2. The quantitative estimate of drug-likeness (QED) is 0.714. The molecule has 118 valence electrons. The van der Waals surface area contributed by atoms with E-state index in [2.05, 4.69) is 10.0 Å². The van der Waals surface area contributed by atoms with Crippen LogP contribution in [0.3, 0.4) is 0 Å². The van der Waals surface area contributed by atoms with E-state index < -0.39 is 15.4 Å². The van der Waals surface area contributed by atoms with Gasteiger partial charge in [0.25, 0.3) is 0 Å². The summed E-state index contributed by atoms with van der Waals surface area (Å²) in [6, 6.07) is 6.51. The highest BCUT2D eigenvalue weighted by Gasteiger charge is 2.29. The van der Waals surface area contributed by atoms with Crippen LogP contribution in [0.1, 0.15) is 27.2 Å². The first-order valence-electron chi connectivity index (χ1n) is 6.88. The summed E-state index contributed by atoms with van der Waals surface area (Å²) in [5.74, 6) is -0.133. The average molecular weight is 313 g/mol. The van der Waals surface area contributed by atoms with Crippen molar-refractivity contribution in [3.05, 3.63) is 24.3 Å². The maximum atomic E-state index is 12.2. The molecular weight excluding hydrogens is 290 g/mol. The maximum Gasteiger partial charge on any atom is 0.232 e. The van der Waals surface area contributed by atoms with E-state index in [4.69, 9.17) is 5.73 Å². The van der Waals surface area contributed by atoms with Gasteiger partial charge in [-0.1, -0.05) is 6.92 Å². The number of hydrogen-bond donors (Lipinski definition) is 3. The number of anilines is 2. The summed E-state index contributed by atoms with van der Waals surface area (Å²) in [4.78, 5) is 12.2. The predicted octanol–water partition coefficient (Wildman–Crippen LogP) is 1.76. The second-order valence-electron chi connectivity index (χ2n) is 5.16. The van der Waals surface area contributed by atoms with Crippen LogP contribution < -0.4 is 15.8 Å². The van der Waals surface area contributed by atoms with Crippen LogP contribution in [0.5, 0.6) is 0 Å². The predicted molar refractivity (Wildman–Crippen MR) is 85.6 cm³/mol. The highest BCUT2D eigenvalue weighted by atomic mass is 32.2. The minimum absolute atomic E-state index is 0.0108. The molecule has 1 unspecified atom stereocenters. The highest BCUT2D eigenvalue weighted by Crippen LogP contribution is 2.22. The van der Waals surface area contributed by atoms with Crippen molar-refractivity contribution in [3.8, 4) is 0 Å². The number of benzene rings is 1. The molecule has 6 nitrogen and oxygen atoms in total. The van der Waals surface area contributed by atoms with Crippen molar-refractivity contribution >= 4 is 27.3 Å². The largest absolute Gasteiger partial charge is 0.329 e. The number of carbonyl (C=O) groups excluding carboxylic acids is 1. The Labute approximate surface area is 126 Å². The van der Waals surface area contributed by atoms with E-state index in [1.54, 1.807) is 31.2 Å². The van der Waals surface area contributed by atoms with Crippen LogP contribution in [0.25, 0.3) is 0 Å². The fraction of sp³-hybridized carbons (Fsp3) is 0.500. The van der Waals surface area contributed by atoms with Gasteiger partial charge in [0.05, 0.1) is 11.2 Å². The summed E-state index contributed by atoms with van der Waals surface area (Å²) in [7, 11) is -3.29. The molecule has 4 N–H and O–H groups in total. The highest BCUT2D eigenvalue weighted by molar-refractivity contribution is 7.92. The third-order valence-electron chi connectivity index (χ3n) is 3.58. The van der Waals surface area contributed by atoms with Crippen LogP contribution in [0, 0.1) is 5.41 Å². The summed E-state index contributed by atoms with van der Waals surface area (Å²) >= 11 is 0. The first kappa shape index (κ1) is 17.5. The van der Waals surface area contributed by atoms with Crippen LogP contribution in [-0.2, 0) is 14.8 Å². The summed E-state index contributed by atoms with van der Waals surface area (Å²) < 4.78 is 25.3. The van der Waals surface area contributed by atoms with Gasteiger partial charge in [0.15, 0.2) is 0 Å². The molecule has 21 heavy (non-hydrogen) atoms. The van der Waals surface area contributed by atoms with E-state index in [1.165, 1.54) is 0 Å². The molecule has 1 aromatic rings. The molecule has 1 amide bonds. The zero-order chi connectivity index (χ0) is 16.1. The number of rotatable bonds is 7. The van der Waals surface area contributed by atoms with Gasteiger partial charge in [-0.15, -0.1) is 0 Å². The van der Waals surface area contributed by atoms with Crippen LogP contribution in [0.15, 0.2) is 24.3 Å². The molecule has 1 rings (SSSR count).